The molecule has 0 amide bonds. The molecule has 1 aromatic carbocycles. The number of benzene rings is 1. The zero-order valence-electron chi connectivity index (χ0n) is 9.10. The van der Waals surface area contributed by atoms with Crippen LogP contribution in [0.2, 0.25) is 0 Å². The minimum atomic E-state index is -0.696. The average Bonchev–Trinajstić information content (AvgIpc) is 2.25. The molecule has 1 aromatic rings. The highest BCUT2D eigenvalue weighted by molar-refractivity contribution is 7.99. The first-order valence-corrected chi connectivity index (χ1v) is 5.90. The van der Waals surface area contributed by atoms with E-state index in [9.17, 15) is 5.11 Å². The van der Waals surface area contributed by atoms with Crippen molar-refractivity contribution in [3.63, 3.8) is 0 Å². The van der Waals surface area contributed by atoms with Gasteiger partial charge in [0.2, 0.25) is 0 Å². The molecule has 5 N–H and O–H groups in total. The van der Waals surface area contributed by atoms with Gasteiger partial charge in [0.25, 0.3) is 0 Å². The van der Waals surface area contributed by atoms with Crippen LogP contribution < -0.4 is 5.73 Å². The van der Waals surface area contributed by atoms with Crippen molar-refractivity contribution < 1.29 is 10.2 Å². The van der Waals surface area contributed by atoms with Crippen LogP contribution in [-0.4, -0.2) is 34.5 Å². The van der Waals surface area contributed by atoms with Crippen molar-refractivity contribution >= 4 is 17.6 Å². The number of nitrogens with one attached hydrogen (secondary N) is 1. The Hall–Kier alpha value is -1.04. The monoisotopic (exact) mass is 240 g/mol. The normalized spacial score (nSPS) is 12.4. The number of nitrogen functional groups attached to an aromatic ring is 1. The predicted octanol–water partition coefficient (Wildman–Crippen LogP) is 0.724. The molecule has 0 saturated heterocycles. The Morgan fingerprint density at radius 3 is 2.75 bits per heavy atom. The Kier molecular flexibility index (Phi) is 4.79. The summed E-state index contributed by atoms with van der Waals surface area (Å²) in [5.41, 5.74) is 7.08. The van der Waals surface area contributed by atoms with Crippen LogP contribution in [0, 0.1) is 12.3 Å². The van der Waals surface area contributed by atoms with E-state index in [1.54, 1.807) is 6.07 Å². The molecule has 0 saturated carbocycles. The van der Waals surface area contributed by atoms with E-state index in [1.807, 2.05) is 19.1 Å². The van der Waals surface area contributed by atoms with Gasteiger partial charge < -0.3 is 15.9 Å². The minimum Gasteiger partial charge on any atom is -0.394 e. The lowest BCUT2D eigenvalue weighted by Gasteiger charge is -2.09. The molecule has 1 unspecified atom stereocenters. The number of aliphatic hydroxyl groups is 2. The van der Waals surface area contributed by atoms with E-state index in [0.29, 0.717) is 5.75 Å². The summed E-state index contributed by atoms with van der Waals surface area (Å²) < 4.78 is 0. The van der Waals surface area contributed by atoms with Crippen molar-refractivity contribution in [2.45, 2.75) is 17.9 Å². The number of nitrogens with two attached hydrogens (primary N) is 1. The summed E-state index contributed by atoms with van der Waals surface area (Å²) in [6.45, 7) is 1.67. The lowest BCUT2D eigenvalue weighted by Crippen LogP contribution is -2.15. The van der Waals surface area contributed by atoms with E-state index >= 15 is 0 Å². The molecule has 0 heterocycles. The molecule has 0 aromatic heterocycles. The summed E-state index contributed by atoms with van der Waals surface area (Å²) in [7, 11) is 0. The largest absolute Gasteiger partial charge is 0.394 e. The molecule has 16 heavy (non-hydrogen) atoms. The van der Waals surface area contributed by atoms with Crippen molar-refractivity contribution in [1.29, 1.82) is 5.41 Å². The van der Waals surface area contributed by atoms with Gasteiger partial charge in [-0.3, -0.25) is 5.41 Å². The van der Waals surface area contributed by atoms with Gasteiger partial charge in [-0.2, -0.15) is 0 Å². The summed E-state index contributed by atoms with van der Waals surface area (Å²) in [5, 5.41) is 25.2. The van der Waals surface area contributed by atoms with Gasteiger partial charge in [0.05, 0.1) is 12.7 Å². The fourth-order valence-electron chi connectivity index (χ4n) is 1.27. The topological polar surface area (TPSA) is 90.3 Å². The van der Waals surface area contributed by atoms with Gasteiger partial charge >= 0.3 is 0 Å². The standard InChI is InChI=1S/C11H16N2O2S/c1-7-4-9(16-6-8(15)5-14)2-3-10(7)11(12)13/h2-4,8,14-15H,5-6H2,1H3,(H3,12,13). The maximum atomic E-state index is 9.21. The van der Waals surface area contributed by atoms with Gasteiger partial charge in [-0.05, 0) is 30.7 Å². The van der Waals surface area contributed by atoms with E-state index in [-0.39, 0.29) is 12.4 Å². The van der Waals surface area contributed by atoms with Gasteiger partial charge in [-0.1, -0.05) is 0 Å². The number of hydrogen-bond acceptors (Lipinski definition) is 4. The number of hydrogen-bond donors (Lipinski definition) is 4. The van der Waals surface area contributed by atoms with Crippen LogP contribution in [0.1, 0.15) is 11.1 Å². The number of aryl methyl sites for hydroxylation is 1. The first kappa shape index (κ1) is 13.0. The molecule has 1 atom stereocenters. The summed E-state index contributed by atoms with van der Waals surface area (Å²) in [6.07, 6.45) is -0.696. The van der Waals surface area contributed by atoms with E-state index in [1.165, 1.54) is 11.8 Å². The quantitative estimate of drug-likeness (QED) is 0.347. The molecule has 0 spiro atoms. The smallest absolute Gasteiger partial charge is 0.123 e. The third-order valence-corrected chi connectivity index (χ3v) is 3.28. The van der Waals surface area contributed by atoms with Crippen molar-refractivity contribution in [3.05, 3.63) is 29.3 Å². The molecule has 0 aliphatic rings. The Labute approximate surface area is 99.0 Å². The third-order valence-electron chi connectivity index (χ3n) is 2.14. The molecule has 0 radical (unpaired) electrons. The Bertz CT molecular complexity index is 382. The first-order valence-electron chi connectivity index (χ1n) is 4.91. The van der Waals surface area contributed by atoms with E-state index in [0.717, 1.165) is 16.0 Å². The maximum absolute atomic E-state index is 9.21. The van der Waals surface area contributed by atoms with E-state index in [4.69, 9.17) is 16.2 Å². The first-order chi connectivity index (χ1) is 7.54. The maximum Gasteiger partial charge on any atom is 0.123 e. The SMILES string of the molecule is Cc1cc(SCC(O)CO)ccc1C(=N)N. The molecule has 0 fully saturated rings. The highest BCUT2D eigenvalue weighted by atomic mass is 32.2. The van der Waals surface area contributed by atoms with Gasteiger partial charge in [0, 0.05) is 16.2 Å². The van der Waals surface area contributed by atoms with Crippen molar-refractivity contribution in [2.24, 2.45) is 5.73 Å². The van der Waals surface area contributed by atoms with Gasteiger partial charge in [-0.15, -0.1) is 11.8 Å². The molecule has 88 valence electrons. The highest BCUT2D eigenvalue weighted by Crippen LogP contribution is 2.21. The van der Waals surface area contributed by atoms with Crippen LogP contribution in [-0.2, 0) is 0 Å². The second kappa shape index (κ2) is 5.89. The van der Waals surface area contributed by atoms with Crippen LogP contribution in [0.25, 0.3) is 0 Å². The summed E-state index contributed by atoms with van der Waals surface area (Å²) in [4.78, 5) is 0.995. The molecule has 0 aliphatic heterocycles. The third kappa shape index (κ3) is 3.52. The zero-order chi connectivity index (χ0) is 12.1. The zero-order valence-corrected chi connectivity index (χ0v) is 9.92. The fourth-order valence-corrected chi connectivity index (χ4v) is 2.19. The summed E-state index contributed by atoms with van der Waals surface area (Å²) in [6, 6.07) is 5.58. The van der Waals surface area contributed by atoms with Crippen molar-refractivity contribution in [2.75, 3.05) is 12.4 Å². The van der Waals surface area contributed by atoms with Crippen molar-refractivity contribution in [3.8, 4) is 0 Å². The molecule has 0 bridgehead atoms. The minimum absolute atomic E-state index is 0.0597. The van der Waals surface area contributed by atoms with Crippen LogP contribution in [0.15, 0.2) is 23.1 Å². The average molecular weight is 240 g/mol. The molecule has 0 aliphatic carbocycles. The molecule has 4 nitrogen and oxygen atoms in total. The lowest BCUT2D eigenvalue weighted by molar-refractivity contribution is 0.113. The van der Waals surface area contributed by atoms with Crippen LogP contribution in [0.4, 0.5) is 0 Å². The Morgan fingerprint density at radius 1 is 1.56 bits per heavy atom. The lowest BCUT2D eigenvalue weighted by atomic mass is 10.1. The van der Waals surface area contributed by atoms with Crippen LogP contribution in [0.5, 0.6) is 0 Å². The molecule has 1 rings (SSSR count). The summed E-state index contributed by atoms with van der Waals surface area (Å²) in [5.74, 6) is 0.513. The van der Waals surface area contributed by atoms with E-state index in [2.05, 4.69) is 0 Å². The van der Waals surface area contributed by atoms with Crippen LogP contribution in [0.3, 0.4) is 0 Å². The fraction of sp³-hybridized carbons (Fsp3) is 0.364. The van der Waals surface area contributed by atoms with Crippen LogP contribution >= 0.6 is 11.8 Å². The second-order valence-corrected chi connectivity index (χ2v) is 4.63. The van der Waals surface area contributed by atoms with Gasteiger partial charge in [0.1, 0.15) is 5.84 Å². The number of thioether (sulfide) groups is 1. The van der Waals surface area contributed by atoms with Crippen molar-refractivity contribution in [1.82, 2.24) is 0 Å². The molecule has 5 heteroatoms. The second-order valence-electron chi connectivity index (χ2n) is 3.54. The summed E-state index contributed by atoms with van der Waals surface area (Å²) >= 11 is 1.47. The molecular formula is C11H16N2O2S. The number of rotatable bonds is 5. The van der Waals surface area contributed by atoms with Gasteiger partial charge in [0.15, 0.2) is 0 Å². The van der Waals surface area contributed by atoms with E-state index < -0.39 is 6.10 Å². The molecular weight excluding hydrogens is 224 g/mol. The Morgan fingerprint density at radius 2 is 2.25 bits per heavy atom. The number of amidine groups is 1. The predicted molar refractivity (Wildman–Crippen MR) is 66.0 cm³/mol. The number of aliphatic hydroxyl groups excluding tert-OH is 2. The van der Waals surface area contributed by atoms with Gasteiger partial charge in [-0.25, -0.2) is 0 Å². The Balaban J connectivity index is 2.70. The highest BCUT2D eigenvalue weighted by Gasteiger charge is 2.06.